The summed E-state index contributed by atoms with van der Waals surface area (Å²) in [5.41, 5.74) is 1.07. The highest BCUT2D eigenvalue weighted by Gasteiger charge is 2.64. The van der Waals surface area contributed by atoms with Gasteiger partial charge in [0.25, 0.3) is 10.0 Å². The Morgan fingerprint density at radius 3 is 2.81 bits per heavy atom. The number of pyridine rings is 2. The number of nitrogens with zero attached hydrogens (tertiary/aromatic N) is 2. The van der Waals surface area contributed by atoms with Crippen LogP contribution < -0.4 is 19.5 Å². The molecule has 1 aliphatic heterocycles. The van der Waals surface area contributed by atoms with E-state index >= 15 is 0 Å². The number of aryl methyl sites for hydroxylation is 1. The molecule has 2 N–H and O–H groups in total. The largest absolute Gasteiger partial charge is 0.493 e. The predicted molar refractivity (Wildman–Crippen MR) is 134 cm³/mol. The molecule has 0 saturated heterocycles. The molecular formula is C26H28N4O5S. The van der Waals surface area contributed by atoms with Gasteiger partial charge in [0, 0.05) is 29.8 Å². The number of hydrogen-bond donors (Lipinski definition) is 2. The Morgan fingerprint density at radius 1 is 1.14 bits per heavy atom. The first-order chi connectivity index (χ1) is 17.3. The van der Waals surface area contributed by atoms with Crippen LogP contribution in [0.5, 0.6) is 11.6 Å². The molecule has 2 aromatic heterocycles. The van der Waals surface area contributed by atoms with Crippen LogP contribution in [0.25, 0.3) is 0 Å². The molecule has 2 bridgehead atoms. The Balaban J connectivity index is 1.62. The van der Waals surface area contributed by atoms with Crippen molar-refractivity contribution >= 4 is 21.7 Å². The van der Waals surface area contributed by atoms with Gasteiger partial charge in [-0.2, -0.15) is 8.42 Å². The van der Waals surface area contributed by atoms with Crippen molar-refractivity contribution in [3.8, 4) is 11.6 Å². The van der Waals surface area contributed by atoms with Gasteiger partial charge < -0.3 is 14.8 Å². The lowest BCUT2D eigenvalue weighted by molar-refractivity contribution is -0.122. The monoisotopic (exact) mass is 508 g/mol. The number of aromatic nitrogens is 2. The van der Waals surface area contributed by atoms with Gasteiger partial charge in [0.05, 0.1) is 18.6 Å². The molecule has 1 fully saturated rings. The van der Waals surface area contributed by atoms with Crippen molar-refractivity contribution in [3.63, 3.8) is 0 Å². The lowest BCUT2D eigenvalue weighted by atomic mass is 9.89. The lowest BCUT2D eigenvalue weighted by Crippen LogP contribution is -2.40. The van der Waals surface area contributed by atoms with Gasteiger partial charge in [0.1, 0.15) is 11.6 Å². The first-order valence-corrected chi connectivity index (χ1v) is 13.4. The van der Waals surface area contributed by atoms with Gasteiger partial charge in [0.2, 0.25) is 11.8 Å². The van der Waals surface area contributed by atoms with Gasteiger partial charge in [-0.25, -0.2) is 14.7 Å². The van der Waals surface area contributed by atoms with Crippen LogP contribution in [0.15, 0.2) is 59.6 Å². The van der Waals surface area contributed by atoms with E-state index in [0.717, 1.165) is 5.56 Å². The van der Waals surface area contributed by atoms with Gasteiger partial charge in [-0.15, -0.1) is 0 Å². The minimum atomic E-state index is -4.22. The maximum absolute atomic E-state index is 13.9. The third kappa shape index (κ3) is 4.48. The summed E-state index contributed by atoms with van der Waals surface area (Å²) in [7, 11) is -4.22. The minimum absolute atomic E-state index is 0.220. The maximum Gasteiger partial charge on any atom is 0.281 e. The fraction of sp³-hybridized carbons (Fsp3) is 0.346. The zero-order valence-corrected chi connectivity index (χ0v) is 21.0. The molecule has 0 unspecified atom stereocenters. The number of benzene rings is 1. The fourth-order valence-electron chi connectivity index (χ4n) is 4.66. The molecule has 0 radical (unpaired) electrons. The SMILES string of the molecule is CCOc1cccc([C@@H]2C[C@@]23C(=O)NS(=O)(=O)c2cccc(n2)NCCCOc2ccc(C)cc23)n1. The highest BCUT2D eigenvalue weighted by atomic mass is 32.2. The number of anilines is 1. The van der Waals surface area contributed by atoms with E-state index in [1.807, 2.05) is 44.2 Å². The number of carbonyl (C=O) groups is 1. The molecule has 1 spiro atoms. The van der Waals surface area contributed by atoms with Gasteiger partial charge in [0.15, 0.2) is 5.03 Å². The van der Waals surface area contributed by atoms with E-state index in [9.17, 15) is 13.2 Å². The Morgan fingerprint density at radius 2 is 1.97 bits per heavy atom. The summed E-state index contributed by atoms with van der Waals surface area (Å²) >= 11 is 0. The van der Waals surface area contributed by atoms with Crippen LogP contribution in [-0.2, 0) is 20.2 Å². The van der Waals surface area contributed by atoms with E-state index in [1.54, 1.807) is 18.2 Å². The predicted octanol–water partition coefficient (Wildman–Crippen LogP) is 3.31. The van der Waals surface area contributed by atoms with E-state index < -0.39 is 21.3 Å². The van der Waals surface area contributed by atoms with Crippen LogP contribution in [0.1, 0.15) is 42.5 Å². The molecule has 1 aromatic carbocycles. The molecule has 188 valence electrons. The first-order valence-electron chi connectivity index (χ1n) is 12.0. The third-order valence-electron chi connectivity index (χ3n) is 6.49. The summed E-state index contributed by atoms with van der Waals surface area (Å²) in [4.78, 5) is 22.7. The quantitative estimate of drug-likeness (QED) is 0.553. The van der Waals surface area contributed by atoms with Gasteiger partial charge in [-0.3, -0.25) is 4.79 Å². The van der Waals surface area contributed by atoms with E-state index in [1.165, 1.54) is 6.07 Å². The molecule has 1 saturated carbocycles. The zero-order chi connectivity index (χ0) is 25.3. The van der Waals surface area contributed by atoms with E-state index in [-0.39, 0.29) is 10.9 Å². The van der Waals surface area contributed by atoms with Gasteiger partial charge in [-0.05, 0) is 51.0 Å². The first kappa shape index (κ1) is 24.1. The fourth-order valence-corrected chi connectivity index (χ4v) is 5.67. The van der Waals surface area contributed by atoms with Crippen molar-refractivity contribution in [2.24, 2.45) is 0 Å². The number of sulfonamides is 1. The average Bonchev–Trinajstić information content (AvgIpc) is 3.62. The number of rotatable bonds is 3. The molecule has 2 atom stereocenters. The molecule has 1 aliphatic carbocycles. The number of carbonyl (C=O) groups excluding carboxylic acids is 1. The Kier molecular flexibility index (Phi) is 6.29. The summed E-state index contributed by atoms with van der Waals surface area (Å²) in [6.07, 6.45) is 1.04. The molecule has 5 rings (SSSR count). The summed E-state index contributed by atoms with van der Waals surface area (Å²) < 4.78 is 40.5. The molecule has 3 aromatic rings. The number of fused-ring (bicyclic) bond motifs is 4. The van der Waals surface area contributed by atoms with Crippen LogP contribution in [0.2, 0.25) is 0 Å². The number of amides is 1. The molecule has 2 aliphatic rings. The molecule has 36 heavy (non-hydrogen) atoms. The summed E-state index contributed by atoms with van der Waals surface area (Å²) in [5, 5.41) is 2.88. The second-order valence-corrected chi connectivity index (χ2v) is 10.6. The van der Waals surface area contributed by atoms with Crippen molar-refractivity contribution in [2.45, 2.75) is 43.0 Å². The van der Waals surface area contributed by atoms with Crippen molar-refractivity contribution in [3.05, 3.63) is 71.4 Å². The molecule has 1 amide bonds. The minimum Gasteiger partial charge on any atom is -0.493 e. The van der Waals surface area contributed by atoms with Crippen LogP contribution in [0, 0.1) is 6.92 Å². The standard InChI is InChI=1S/C26H28N4O5S/c1-3-34-23-9-4-7-20(28-23)19-16-26(19)18-15-17(2)11-12-21(18)35-14-6-13-27-22-8-5-10-24(29-22)36(32,33)30-25(26)31/h4-5,7-12,15,19H,3,6,13-14,16H2,1-2H3,(H,27,29)(H,30,31)/t19-,26-/m0/s1. The summed E-state index contributed by atoms with van der Waals surface area (Å²) in [6, 6.07) is 15.7. The highest BCUT2D eigenvalue weighted by molar-refractivity contribution is 7.90. The van der Waals surface area contributed by atoms with E-state index in [4.69, 9.17) is 9.47 Å². The van der Waals surface area contributed by atoms with Crippen molar-refractivity contribution in [1.82, 2.24) is 14.7 Å². The molecule has 10 heteroatoms. The Hall–Kier alpha value is -3.66. The van der Waals surface area contributed by atoms with Crippen LogP contribution in [-0.4, -0.2) is 44.1 Å². The third-order valence-corrected chi connectivity index (χ3v) is 7.72. The normalized spacial score (nSPS) is 22.8. The average molecular weight is 509 g/mol. The highest BCUT2D eigenvalue weighted by Crippen LogP contribution is 2.62. The van der Waals surface area contributed by atoms with Gasteiger partial charge in [-0.1, -0.05) is 29.8 Å². The second-order valence-electron chi connectivity index (χ2n) is 8.99. The van der Waals surface area contributed by atoms with Crippen LogP contribution in [0.4, 0.5) is 5.82 Å². The smallest absolute Gasteiger partial charge is 0.281 e. The summed E-state index contributed by atoms with van der Waals surface area (Å²) in [5.74, 6) is 0.440. The van der Waals surface area contributed by atoms with Crippen molar-refractivity contribution in [2.75, 3.05) is 25.1 Å². The van der Waals surface area contributed by atoms with Crippen molar-refractivity contribution in [1.29, 1.82) is 0 Å². The number of ether oxygens (including phenoxy) is 2. The molecule has 9 nitrogen and oxygen atoms in total. The number of hydrogen-bond acceptors (Lipinski definition) is 8. The molecule has 3 heterocycles. The van der Waals surface area contributed by atoms with E-state index in [0.29, 0.717) is 61.3 Å². The van der Waals surface area contributed by atoms with Gasteiger partial charge >= 0.3 is 0 Å². The lowest BCUT2D eigenvalue weighted by Gasteiger charge is -2.22. The Bertz CT molecular complexity index is 1410. The van der Waals surface area contributed by atoms with Crippen LogP contribution in [0.3, 0.4) is 0 Å². The number of nitrogens with one attached hydrogen (secondary N) is 2. The van der Waals surface area contributed by atoms with Crippen molar-refractivity contribution < 1.29 is 22.7 Å². The topological polar surface area (TPSA) is 120 Å². The van der Waals surface area contributed by atoms with E-state index in [2.05, 4.69) is 20.0 Å². The maximum atomic E-state index is 13.9. The zero-order valence-electron chi connectivity index (χ0n) is 20.2. The summed E-state index contributed by atoms with van der Waals surface area (Å²) in [6.45, 7) is 5.23. The Labute approximate surface area is 210 Å². The molecular weight excluding hydrogens is 480 g/mol. The van der Waals surface area contributed by atoms with Crippen LogP contribution >= 0.6 is 0 Å². The second kappa shape index (κ2) is 9.42.